The number of phenolic OH excluding ortho intramolecular Hbond substituents is 1. The Balaban J connectivity index is 2.62. The molecule has 8 heteroatoms. The van der Waals surface area contributed by atoms with Gasteiger partial charge in [0.25, 0.3) is 15.8 Å². The Kier molecular flexibility index (Phi) is 3.43. The van der Waals surface area contributed by atoms with Crippen molar-refractivity contribution in [3.8, 4) is 16.9 Å². The van der Waals surface area contributed by atoms with Gasteiger partial charge in [-0.15, -0.1) is 0 Å². The fourth-order valence-electron chi connectivity index (χ4n) is 1.78. The fourth-order valence-corrected chi connectivity index (χ4v) is 2.34. The van der Waals surface area contributed by atoms with E-state index < -0.39 is 25.7 Å². The summed E-state index contributed by atoms with van der Waals surface area (Å²) in [5.74, 6) is -0.678. The molecule has 0 spiro atoms. The van der Waals surface area contributed by atoms with Crippen molar-refractivity contribution in [1.82, 2.24) is 0 Å². The van der Waals surface area contributed by atoms with Crippen LogP contribution in [0.25, 0.3) is 11.1 Å². The maximum Gasteiger partial charge on any atom is 0.298 e. The van der Waals surface area contributed by atoms with Gasteiger partial charge in [0.15, 0.2) is 0 Å². The SMILES string of the molecule is O=[N+]([O-])c1ccccc1-c1ccc(S(=O)(=O)O)c(O)c1. The molecule has 0 fully saturated rings. The van der Waals surface area contributed by atoms with Gasteiger partial charge in [-0.3, -0.25) is 14.7 Å². The van der Waals surface area contributed by atoms with Crippen LogP contribution in [0.15, 0.2) is 47.4 Å². The molecule has 2 rings (SSSR count). The summed E-state index contributed by atoms with van der Waals surface area (Å²) < 4.78 is 30.8. The lowest BCUT2D eigenvalue weighted by Gasteiger charge is -2.06. The van der Waals surface area contributed by atoms with E-state index in [2.05, 4.69) is 0 Å². The summed E-state index contributed by atoms with van der Waals surface area (Å²) >= 11 is 0. The molecule has 0 saturated heterocycles. The van der Waals surface area contributed by atoms with Crippen molar-refractivity contribution in [3.63, 3.8) is 0 Å². The summed E-state index contributed by atoms with van der Waals surface area (Å²) in [6, 6.07) is 9.14. The molecule has 0 saturated carbocycles. The maximum atomic E-state index is 11.0. The number of nitro groups is 1. The number of para-hydroxylation sites is 1. The van der Waals surface area contributed by atoms with E-state index in [4.69, 9.17) is 4.55 Å². The summed E-state index contributed by atoms with van der Waals surface area (Å²) in [5, 5.41) is 20.5. The summed E-state index contributed by atoms with van der Waals surface area (Å²) in [4.78, 5) is 9.68. The molecule has 2 aromatic carbocycles. The van der Waals surface area contributed by atoms with Gasteiger partial charge in [0.05, 0.1) is 10.5 Å². The van der Waals surface area contributed by atoms with Crippen molar-refractivity contribution in [2.45, 2.75) is 4.90 Å². The minimum atomic E-state index is -4.54. The second-order valence-electron chi connectivity index (χ2n) is 3.93. The molecule has 2 aromatic rings. The summed E-state index contributed by atoms with van der Waals surface area (Å²) in [5.41, 5.74) is 0.323. The number of hydrogen-bond acceptors (Lipinski definition) is 5. The Morgan fingerprint density at radius 1 is 1.10 bits per heavy atom. The highest BCUT2D eigenvalue weighted by Crippen LogP contribution is 2.33. The predicted octanol–water partition coefficient (Wildman–Crippen LogP) is 2.21. The number of nitro benzene ring substituents is 1. The van der Waals surface area contributed by atoms with Gasteiger partial charge in [-0.25, -0.2) is 0 Å². The van der Waals surface area contributed by atoms with Crippen LogP contribution in [0, 0.1) is 10.1 Å². The van der Waals surface area contributed by atoms with Gasteiger partial charge in [0, 0.05) is 6.07 Å². The molecule has 0 amide bonds. The molecule has 0 heterocycles. The second-order valence-corrected chi connectivity index (χ2v) is 5.32. The molecule has 0 aromatic heterocycles. The molecule has 2 N–H and O–H groups in total. The van der Waals surface area contributed by atoms with Crippen LogP contribution >= 0.6 is 0 Å². The summed E-state index contributed by atoms with van der Waals surface area (Å²) in [6.45, 7) is 0. The van der Waals surface area contributed by atoms with Crippen molar-refractivity contribution in [2.24, 2.45) is 0 Å². The smallest absolute Gasteiger partial charge is 0.298 e. The Bertz CT molecular complexity index is 784. The van der Waals surface area contributed by atoms with Gasteiger partial charge in [-0.1, -0.05) is 18.2 Å². The molecule has 0 aliphatic rings. The maximum absolute atomic E-state index is 11.0. The van der Waals surface area contributed by atoms with Gasteiger partial charge in [0.1, 0.15) is 10.6 Å². The van der Waals surface area contributed by atoms with Gasteiger partial charge in [0.2, 0.25) is 0 Å². The van der Waals surface area contributed by atoms with Crippen molar-refractivity contribution in [2.75, 3.05) is 0 Å². The van der Waals surface area contributed by atoms with Gasteiger partial charge >= 0.3 is 0 Å². The van der Waals surface area contributed by atoms with Crippen molar-refractivity contribution < 1.29 is 23.0 Å². The minimum Gasteiger partial charge on any atom is -0.506 e. The third-order valence-corrected chi connectivity index (χ3v) is 3.55. The summed E-state index contributed by atoms with van der Waals surface area (Å²) in [7, 11) is -4.54. The Labute approximate surface area is 114 Å². The number of nitrogens with zero attached hydrogens (tertiary/aromatic N) is 1. The topological polar surface area (TPSA) is 118 Å². The van der Waals surface area contributed by atoms with E-state index in [-0.39, 0.29) is 16.8 Å². The van der Waals surface area contributed by atoms with Crippen LogP contribution < -0.4 is 0 Å². The Morgan fingerprint density at radius 3 is 2.30 bits per heavy atom. The van der Waals surface area contributed by atoms with Gasteiger partial charge in [-0.05, 0) is 23.8 Å². The van der Waals surface area contributed by atoms with Gasteiger partial charge < -0.3 is 5.11 Å². The monoisotopic (exact) mass is 295 g/mol. The third-order valence-electron chi connectivity index (χ3n) is 2.65. The van der Waals surface area contributed by atoms with Crippen LogP contribution in [0.3, 0.4) is 0 Å². The highest BCUT2D eigenvalue weighted by Gasteiger charge is 2.19. The molecule has 20 heavy (non-hydrogen) atoms. The zero-order valence-electron chi connectivity index (χ0n) is 9.92. The first-order chi connectivity index (χ1) is 9.30. The normalized spacial score (nSPS) is 11.2. The summed E-state index contributed by atoms with van der Waals surface area (Å²) in [6.07, 6.45) is 0. The molecule has 0 atom stereocenters. The quantitative estimate of drug-likeness (QED) is 0.509. The van der Waals surface area contributed by atoms with E-state index in [1.54, 1.807) is 6.07 Å². The minimum absolute atomic E-state index is 0.175. The molecule has 0 aliphatic carbocycles. The lowest BCUT2D eigenvalue weighted by molar-refractivity contribution is -0.384. The number of phenols is 1. The third kappa shape index (κ3) is 2.60. The number of rotatable bonds is 3. The first-order valence-electron chi connectivity index (χ1n) is 5.35. The van der Waals surface area contributed by atoms with Crippen LogP contribution in [0.2, 0.25) is 0 Å². The Morgan fingerprint density at radius 2 is 1.75 bits per heavy atom. The van der Waals surface area contributed by atoms with Crippen molar-refractivity contribution in [3.05, 3.63) is 52.6 Å². The first kappa shape index (κ1) is 14.0. The number of aromatic hydroxyl groups is 1. The molecular weight excluding hydrogens is 286 g/mol. The van der Waals surface area contributed by atoms with E-state index in [0.29, 0.717) is 0 Å². The lowest BCUT2D eigenvalue weighted by atomic mass is 10.0. The second kappa shape index (κ2) is 4.91. The fraction of sp³-hybridized carbons (Fsp3) is 0. The van der Waals surface area contributed by atoms with E-state index >= 15 is 0 Å². The number of benzene rings is 2. The van der Waals surface area contributed by atoms with Crippen LogP contribution in [-0.2, 0) is 10.1 Å². The van der Waals surface area contributed by atoms with Crippen molar-refractivity contribution >= 4 is 15.8 Å². The van der Waals surface area contributed by atoms with Gasteiger partial charge in [-0.2, -0.15) is 8.42 Å². The van der Waals surface area contributed by atoms with E-state index in [0.717, 1.165) is 12.1 Å². The van der Waals surface area contributed by atoms with Crippen LogP contribution in [0.1, 0.15) is 0 Å². The van der Waals surface area contributed by atoms with Crippen molar-refractivity contribution in [1.29, 1.82) is 0 Å². The zero-order valence-corrected chi connectivity index (χ0v) is 10.7. The van der Waals surface area contributed by atoms with E-state index in [1.165, 1.54) is 24.3 Å². The largest absolute Gasteiger partial charge is 0.506 e. The zero-order chi connectivity index (χ0) is 14.9. The Hall–Kier alpha value is -2.45. The standard InChI is InChI=1S/C12H9NO6S/c14-11-7-8(5-6-12(11)20(17,18)19)9-3-1-2-4-10(9)13(15)16/h1-7,14H,(H,17,18,19). The number of hydrogen-bond donors (Lipinski definition) is 2. The van der Waals surface area contributed by atoms with Crippen LogP contribution in [-0.4, -0.2) is 23.0 Å². The molecule has 0 radical (unpaired) electrons. The highest BCUT2D eigenvalue weighted by molar-refractivity contribution is 7.86. The molecule has 0 bridgehead atoms. The average molecular weight is 295 g/mol. The van der Waals surface area contributed by atoms with E-state index in [9.17, 15) is 23.6 Å². The highest BCUT2D eigenvalue weighted by atomic mass is 32.2. The molecule has 104 valence electrons. The average Bonchev–Trinajstić information content (AvgIpc) is 2.37. The van der Waals surface area contributed by atoms with Crippen LogP contribution in [0.4, 0.5) is 5.69 Å². The van der Waals surface area contributed by atoms with Crippen LogP contribution in [0.5, 0.6) is 5.75 Å². The lowest BCUT2D eigenvalue weighted by Crippen LogP contribution is -1.98. The van der Waals surface area contributed by atoms with E-state index in [1.807, 2.05) is 0 Å². The molecular formula is C12H9NO6S. The first-order valence-corrected chi connectivity index (χ1v) is 6.79. The molecule has 0 unspecified atom stereocenters. The predicted molar refractivity (Wildman–Crippen MR) is 70.0 cm³/mol. The molecule has 0 aliphatic heterocycles. The molecule has 7 nitrogen and oxygen atoms in total.